The zero-order valence-corrected chi connectivity index (χ0v) is 7.54. The topological polar surface area (TPSA) is 30.7 Å². The van der Waals surface area contributed by atoms with E-state index in [4.69, 9.17) is 11.6 Å². The third-order valence-corrected chi connectivity index (χ3v) is 1.59. The number of hydrogen-bond donors (Lipinski definition) is 0. The highest BCUT2D eigenvalue weighted by molar-refractivity contribution is 6.16. The Morgan fingerprint density at radius 3 is 2.91 bits per heavy atom. The fourth-order valence-electron chi connectivity index (χ4n) is 0.890. The molecule has 0 bridgehead atoms. The summed E-state index contributed by atoms with van der Waals surface area (Å²) in [5.41, 5.74) is 0. The maximum atomic E-state index is 5.63. The minimum Gasteiger partial charge on any atom is -0.249 e. The Labute approximate surface area is 71.4 Å². The average molecular weight is 174 g/mol. The molecule has 0 aliphatic heterocycles. The molecular weight excluding hydrogens is 162 g/mol. The van der Waals surface area contributed by atoms with Crippen molar-refractivity contribution in [3.8, 4) is 0 Å². The van der Waals surface area contributed by atoms with Gasteiger partial charge in [0.2, 0.25) is 0 Å². The standard InChI is InChI=1S/C7H12ClN3/c1-6(2)4-11-7(3-8)9-5-10-11/h5-6H,3-4H2,1-2H3. The Morgan fingerprint density at radius 2 is 2.36 bits per heavy atom. The van der Waals surface area contributed by atoms with E-state index in [-0.39, 0.29) is 0 Å². The van der Waals surface area contributed by atoms with Crippen LogP contribution >= 0.6 is 11.6 Å². The number of rotatable bonds is 3. The third-order valence-electron chi connectivity index (χ3n) is 1.35. The van der Waals surface area contributed by atoms with Gasteiger partial charge in [-0.3, -0.25) is 0 Å². The smallest absolute Gasteiger partial charge is 0.141 e. The first kappa shape index (κ1) is 8.53. The highest BCUT2D eigenvalue weighted by Crippen LogP contribution is 2.02. The number of halogens is 1. The molecule has 0 unspecified atom stereocenters. The van der Waals surface area contributed by atoms with Crippen molar-refractivity contribution in [2.45, 2.75) is 26.3 Å². The van der Waals surface area contributed by atoms with E-state index in [1.165, 1.54) is 0 Å². The van der Waals surface area contributed by atoms with E-state index in [1.54, 1.807) is 6.33 Å². The van der Waals surface area contributed by atoms with Gasteiger partial charge in [0.1, 0.15) is 12.2 Å². The lowest BCUT2D eigenvalue weighted by Crippen LogP contribution is -2.09. The van der Waals surface area contributed by atoms with Crippen LogP contribution in [0.25, 0.3) is 0 Å². The lowest BCUT2D eigenvalue weighted by Gasteiger charge is -2.05. The molecule has 3 nitrogen and oxygen atoms in total. The van der Waals surface area contributed by atoms with E-state index in [0.717, 1.165) is 12.4 Å². The van der Waals surface area contributed by atoms with Crippen LogP contribution in [0.15, 0.2) is 6.33 Å². The van der Waals surface area contributed by atoms with Crippen molar-refractivity contribution in [1.29, 1.82) is 0 Å². The fourth-order valence-corrected chi connectivity index (χ4v) is 1.10. The average Bonchev–Trinajstić information content (AvgIpc) is 2.34. The first-order chi connectivity index (χ1) is 5.24. The van der Waals surface area contributed by atoms with Crippen LogP contribution in [-0.4, -0.2) is 14.8 Å². The van der Waals surface area contributed by atoms with E-state index in [0.29, 0.717) is 11.8 Å². The van der Waals surface area contributed by atoms with E-state index in [1.807, 2.05) is 4.68 Å². The van der Waals surface area contributed by atoms with Gasteiger partial charge in [0.25, 0.3) is 0 Å². The maximum absolute atomic E-state index is 5.63. The molecule has 1 aromatic heterocycles. The number of alkyl halides is 1. The highest BCUT2D eigenvalue weighted by Gasteiger charge is 2.03. The molecule has 0 saturated carbocycles. The van der Waals surface area contributed by atoms with Gasteiger partial charge in [0, 0.05) is 6.54 Å². The lowest BCUT2D eigenvalue weighted by molar-refractivity contribution is 0.471. The maximum Gasteiger partial charge on any atom is 0.141 e. The minimum absolute atomic E-state index is 0.437. The first-order valence-electron chi connectivity index (χ1n) is 3.66. The number of nitrogens with zero attached hydrogens (tertiary/aromatic N) is 3. The van der Waals surface area contributed by atoms with Crippen molar-refractivity contribution in [2.75, 3.05) is 0 Å². The summed E-state index contributed by atoms with van der Waals surface area (Å²) in [5.74, 6) is 1.87. The summed E-state index contributed by atoms with van der Waals surface area (Å²) in [5, 5.41) is 4.05. The van der Waals surface area contributed by atoms with Crippen molar-refractivity contribution in [2.24, 2.45) is 5.92 Å². The molecule has 0 aliphatic rings. The predicted molar refractivity (Wildman–Crippen MR) is 44.4 cm³/mol. The van der Waals surface area contributed by atoms with Gasteiger partial charge < -0.3 is 0 Å². The zero-order valence-electron chi connectivity index (χ0n) is 6.79. The molecule has 0 radical (unpaired) electrons. The van der Waals surface area contributed by atoms with E-state index in [2.05, 4.69) is 23.9 Å². The summed E-state index contributed by atoms with van der Waals surface area (Å²) in [7, 11) is 0. The van der Waals surface area contributed by atoms with Crippen molar-refractivity contribution in [3.63, 3.8) is 0 Å². The molecule has 0 N–H and O–H groups in total. The largest absolute Gasteiger partial charge is 0.249 e. The molecule has 0 saturated heterocycles. The quantitative estimate of drug-likeness (QED) is 0.652. The van der Waals surface area contributed by atoms with Gasteiger partial charge in [-0.05, 0) is 5.92 Å². The molecule has 62 valence electrons. The molecule has 0 aliphatic carbocycles. The van der Waals surface area contributed by atoms with E-state index in [9.17, 15) is 0 Å². The van der Waals surface area contributed by atoms with Gasteiger partial charge in [0.15, 0.2) is 0 Å². The molecule has 0 aromatic carbocycles. The predicted octanol–water partition coefficient (Wildman–Crippen LogP) is 1.67. The molecule has 0 amide bonds. The first-order valence-corrected chi connectivity index (χ1v) is 4.20. The SMILES string of the molecule is CC(C)Cn1ncnc1CCl. The second-order valence-electron chi connectivity index (χ2n) is 2.89. The molecular formula is C7H12ClN3. The number of hydrogen-bond acceptors (Lipinski definition) is 2. The highest BCUT2D eigenvalue weighted by atomic mass is 35.5. The second-order valence-corrected chi connectivity index (χ2v) is 3.15. The van der Waals surface area contributed by atoms with Crippen molar-refractivity contribution < 1.29 is 0 Å². The van der Waals surface area contributed by atoms with Crippen LogP contribution in [0.3, 0.4) is 0 Å². The molecule has 1 rings (SSSR count). The van der Waals surface area contributed by atoms with Crippen LogP contribution in [0, 0.1) is 5.92 Å². The van der Waals surface area contributed by atoms with E-state index < -0.39 is 0 Å². The van der Waals surface area contributed by atoms with Crippen molar-refractivity contribution >= 4 is 11.6 Å². The normalized spacial score (nSPS) is 10.9. The Balaban J connectivity index is 2.68. The van der Waals surface area contributed by atoms with Gasteiger partial charge in [0.05, 0.1) is 5.88 Å². The van der Waals surface area contributed by atoms with Crippen LogP contribution in [0.1, 0.15) is 19.7 Å². The van der Waals surface area contributed by atoms with E-state index >= 15 is 0 Å². The van der Waals surface area contributed by atoms with Crippen LogP contribution in [0.5, 0.6) is 0 Å². The summed E-state index contributed by atoms with van der Waals surface area (Å²) in [6.45, 7) is 5.17. The molecule has 1 heterocycles. The third kappa shape index (κ3) is 2.19. The van der Waals surface area contributed by atoms with Gasteiger partial charge in [-0.1, -0.05) is 13.8 Å². The molecule has 0 atom stereocenters. The summed E-state index contributed by atoms with van der Waals surface area (Å²) in [6, 6.07) is 0. The van der Waals surface area contributed by atoms with Crippen molar-refractivity contribution in [3.05, 3.63) is 12.2 Å². The minimum atomic E-state index is 0.437. The lowest BCUT2D eigenvalue weighted by atomic mass is 10.2. The van der Waals surface area contributed by atoms with Crippen LogP contribution in [-0.2, 0) is 12.4 Å². The molecule has 1 aromatic rings. The molecule has 0 spiro atoms. The molecule has 4 heteroatoms. The Morgan fingerprint density at radius 1 is 1.64 bits per heavy atom. The summed E-state index contributed by atoms with van der Waals surface area (Å²) < 4.78 is 1.84. The van der Waals surface area contributed by atoms with Crippen LogP contribution < -0.4 is 0 Å². The molecule has 11 heavy (non-hydrogen) atoms. The Hall–Kier alpha value is -0.570. The zero-order chi connectivity index (χ0) is 8.27. The van der Waals surface area contributed by atoms with Crippen molar-refractivity contribution in [1.82, 2.24) is 14.8 Å². The summed E-state index contributed by atoms with van der Waals surface area (Å²) >= 11 is 5.63. The monoisotopic (exact) mass is 173 g/mol. The van der Waals surface area contributed by atoms with Gasteiger partial charge in [-0.2, -0.15) is 5.10 Å². The number of aromatic nitrogens is 3. The Bertz CT molecular complexity index is 219. The van der Waals surface area contributed by atoms with Gasteiger partial charge >= 0.3 is 0 Å². The summed E-state index contributed by atoms with van der Waals surface area (Å²) in [4.78, 5) is 4.01. The molecule has 0 fully saturated rings. The van der Waals surface area contributed by atoms with Gasteiger partial charge in [-0.25, -0.2) is 9.67 Å². The second kappa shape index (κ2) is 3.72. The van der Waals surface area contributed by atoms with Gasteiger partial charge in [-0.15, -0.1) is 11.6 Å². The van der Waals surface area contributed by atoms with Crippen LogP contribution in [0.2, 0.25) is 0 Å². The summed E-state index contributed by atoms with van der Waals surface area (Å²) in [6.07, 6.45) is 1.54. The van der Waals surface area contributed by atoms with Crippen LogP contribution in [0.4, 0.5) is 0 Å². The fraction of sp³-hybridized carbons (Fsp3) is 0.714. The Kier molecular flexibility index (Phi) is 2.88.